The van der Waals surface area contributed by atoms with Gasteiger partial charge in [0.1, 0.15) is 6.04 Å². The van der Waals surface area contributed by atoms with Crippen molar-refractivity contribution in [3.05, 3.63) is 21.4 Å². The third kappa shape index (κ3) is 2.27. The van der Waals surface area contributed by atoms with Gasteiger partial charge in [-0.15, -0.1) is 23.1 Å². The van der Waals surface area contributed by atoms with Crippen LogP contribution in [0, 0.1) is 13.8 Å². The largest absolute Gasteiger partial charge is 0.480 e. The van der Waals surface area contributed by atoms with Crippen molar-refractivity contribution in [2.24, 2.45) is 0 Å². The van der Waals surface area contributed by atoms with Gasteiger partial charge in [-0.3, -0.25) is 4.79 Å². The van der Waals surface area contributed by atoms with Gasteiger partial charge in [0.05, 0.1) is 10.9 Å². The van der Waals surface area contributed by atoms with Crippen molar-refractivity contribution in [3.63, 3.8) is 0 Å². The van der Waals surface area contributed by atoms with Crippen molar-refractivity contribution in [2.45, 2.75) is 32.2 Å². The van der Waals surface area contributed by atoms with Crippen LogP contribution in [0.5, 0.6) is 0 Å². The topological polar surface area (TPSA) is 57.6 Å². The molecule has 1 amide bonds. The molecule has 0 aromatic carbocycles. The highest BCUT2D eigenvalue weighted by Crippen LogP contribution is 2.32. The van der Waals surface area contributed by atoms with Gasteiger partial charge < -0.3 is 10.0 Å². The second kappa shape index (κ2) is 4.93. The molecule has 2 rings (SSSR count). The monoisotopic (exact) mass is 285 g/mol. The number of aliphatic carboxylic acids is 1. The first kappa shape index (κ1) is 13.4. The summed E-state index contributed by atoms with van der Waals surface area (Å²) in [5.41, 5.74) is 0.637. The minimum absolute atomic E-state index is 0.0850. The van der Waals surface area contributed by atoms with E-state index in [-0.39, 0.29) is 11.3 Å². The van der Waals surface area contributed by atoms with E-state index in [2.05, 4.69) is 0 Å². The molecule has 1 fully saturated rings. The Kier molecular flexibility index (Phi) is 3.68. The molecule has 0 bridgehead atoms. The van der Waals surface area contributed by atoms with Crippen LogP contribution in [0.2, 0.25) is 0 Å². The lowest BCUT2D eigenvalue weighted by atomic mass is 10.2. The van der Waals surface area contributed by atoms with Crippen LogP contribution in [0.4, 0.5) is 0 Å². The number of thioether (sulfide) groups is 1. The van der Waals surface area contributed by atoms with Gasteiger partial charge >= 0.3 is 5.97 Å². The molecular formula is C12H15NO3S2. The fraction of sp³-hybridized carbons (Fsp3) is 0.500. The molecule has 1 saturated heterocycles. The summed E-state index contributed by atoms with van der Waals surface area (Å²) >= 11 is 3.07. The quantitative estimate of drug-likeness (QED) is 0.906. The number of hydrogen-bond donors (Lipinski definition) is 1. The molecule has 2 unspecified atom stereocenters. The zero-order valence-corrected chi connectivity index (χ0v) is 12.1. The Morgan fingerprint density at radius 3 is 2.61 bits per heavy atom. The molecule has 98 valence electrons. The van der Waals surface area contributed by atoms with Crippen LogP contribution in [0.1, 0.15) is 27.0 Å². The second-order valence-electron chi connectivity index (χ2n) is 4.33. The Bertz CT molecular complexity index is 498. The summed E-state index contributed by atoms with van der Waals surface area (Å²) in [6, 6.07) is 1.13. The number of thiophene rings is 1. The van der Waals surface area contributed by atoms with Crippen LogP contribution in [0.25, 0.3) is 0 Å². The summed E-state index contributed by atoms with van der Waals surface area (Å²) < 4.78 is 0. The second-order valence-corrected chi connectivity index (χ2v) is 7.14. The molecule has 1 aliphatic heterocycles. The fourth-order valence-electron chi connectivity index (χ4n) is 2.12. The summed E-state index contributed by atoms with van der Waals surface area (Å²) in [6.45, 7) is 5.72. The Hall–Kier alpha value is -1.01. The molecule has 0 spiro atoms. The fourth-order valence-corrected chi connectivity index (χ4v) is 4.21. The van der Waals surface area contributed by atoms with Gasteiger partial charge in [0.15, 0.2) is 0 Å². The van der Waals surface area contributed by atoms with Gasteiger partial charge in [-0.1, -0.05) is 0 Å². The number of carboxylic acid groups (broad SMARTS) is 1. The van der Waals surface area contributed by atoms with Crippen molar-refractivity contribution >= 4 is 35.0 Å². The van der Waals surface area contributed by atoms with E-state index in [1.165, 1.54) is 16.7 Å². The summed E-state index contributed by atoms with van der Waals surface area (Å²) in [6.07, 6.45) is 0. The van der Waals surface area contributed by atoms with Crippen molar-refractivity contribution in [1.29, 1.82) is 0 Å². The number of rotatable bonds is 2. The highest BCUT2D eigenvalue weighted by molar-refractivity contribution is 8.00. The van der Waals surface area contributed by atoms with Gasteiger partial charge in [-0.2, -0.15) is 0 Å². The third-order valence-electron chi connectivity index (χ3n) is 3.01. The molecule has 6 heteroatoms. The average molecular weight is 285 g/mol. The maximum absolute atomic E-state index is 12.5. The molecular weight excluding hydrogens is 270 g/mol. The lowest BCUT2D eigenvalue weighted by Gasteiger charge is -2.24. The van der Waals surface area contributed by atoms with E-state index in [0.717, 1.165) is 9.75 Å². The zero-order chi connectivity index (χ0) is 13.4. The van der Waals surface area contributed by atoms with Crippen LogP contribution in [-0.2, 0) is 4.79 Å². The van der Waals surface area contributed by atoms with E-state index in [9.17, 15) is 9.59 Å². The first-order chi connectivity index (χ1) is 8.41. The molecule has 0 saturated carbocycles. The van der Waals surface area contributed by atoms with Gasteiger partial charge in [0.25, 0.3) is 5.91 Å². The Balaban J connectivity index is 2.32. The highest BCUT2D eigenvalue weighted by Gasteiger charge is 2.40. The van der Waals surface area contributed by atoms with Gasteiger partial charge in [0, 0.05) is 15.5 Å². The molecule has 18 heavy (non-hydrogen) atoms. The third-order valence-corrected chi connectivity index (χ3v) is 5.20. The normalized spacial score (nSPS) is 23.4. The summed E-state index contributed by atoms with van der Waals surface area (Å²) in [5.74, 6) is -0.628. The Morgan fingerprint density at radius 2 is 2.11 bits per heavy atom. The van der Waals surface area contributed by atoms with E-state index in [0.29, 0.717) is 11.3 Å². The van der Waals surface area contributed by atoms with Crippen LogP contribution < -0.4 is 0 Å². The number of aryl methyl sites for hydroxylation is 2. The summed E-state index contributed by atoms with van der Waals surface area (Å²) in [5, 5.41) is 9.08. The molecule has 4 nitrogen and oxygen atoms in total. The van der Waals surface area contributed by atoms with Gasteiger partial charge in [-0.25, -0.2) is 4.79 Å². The lowest BCUT2D eigenvalue weighted by molar-refractivity contribution is -0.141. The van der Waals surface area contributed by atoms with Gasteiger partial charge in [0.2, 0.25) is 0 Å². The van der Waals surface area contributed by atoms with Crippen molar-refractivity contribution in [3.8, 4) is 0 Å². The average Bonchev–Trinajstić information content (AvgIpc) is 2.81. The SMILES string of the molecule is Cc1cc(C(=O)N2C(C)SCC2C(=O)O)c(C)s1. The number of hydrogen-bond acceptors (Lipinski definition) is 4. The minimum Gasteiger partial charge on any atom is -0.480 e. The summed E-state index contributed by atoms with van der Waals surface area (Å²) in [7, 11) is 0. The standard InChI is InChI=1S/C12H15NO3S2/c1-6-4-9(7(2)18-6)11(14)13-8(3)17-5-10(13)12(15)16/h4,8,10H,5H2,1-3H3,(H,15,16). The van der Waals surface area contributed by atoms with E-state index >= 15 is 0 Å². The first-order valence-electron chi connectivity index (χ1n) is 5.66. The zero-order valence-electron chi connectivity index (χ0n) is 10.5. The number of carbonyl (C=O) groups is 2. The number of amides is 1. The van der Waals surface area contributed by atoms with Gasteiger partial charge in [-0.05, 0) is 26.8 Å². The molecule has 1 N–H and O–H groups in total. The molecule has 2 heterocycles. The van der Waals surface area contributed by atoms with Crippen molar-refractivity contribution < 1.29 is 14.7 Å². The number of nitrogens with zero attached hydrogens (tertiary/aromatic N) is 1. The van der Waals surface area contributed by atoms with Crippen molar-refractivity contribution in [2.75, 3.05) is 5.75 Å². The molecule has 2 atom stereocenters. The van der Waals surface area contributed by atoms with Crippen LogP contribution in [-0.4, -0.2) is 39.1 Å². The predicted molar refractivity (Wildman–Crippen MR) is 73.3 cm³/mol. The molecule has 1 aliphatic rings. The Labute approximate surface area is 114 Å². The predicted octanol–water partition coefficient (Wildman–Crippen LogP) is 2.35. The number of carbonyl (C=O) groups excluding carboxylic acids is 1. The molecule has 0 radical (unpaired) electrons. The first-order valence-corrected chi connectivity index (χ1v) is 7.52. The molecule has 0 aliphatic carbocycles. The van der Waals surface area contributed by atoms with E-state index in [1.807, 2.05) is 26.8 Å². The van der Waals surface area contributed by atoms with E-state index < -0.39 is 12.0 Å². The minimum atomic E-state index is -0.926. The molecule has 1 aromatic heterocycles. The van der Waals surface area contributed by atoms with E-state index in [1.54, 1.807) is 11.3 Å². The summed E-state index contributed by atoms with van der Waals surface area (Å²) in [4.78, 5) is 27.2. The highest BCUT2D eigenvalue weighted by atomic mass is 32.2. The molecule has 1 aromatic rings. The Morgan fingerprint density at radius 1 is 1.44 bits per heavy atom. The van der Waals surface area contributed by atoms with E-state index in [4.69, 9.17) is 5.11 Å². The smallest absolute Gasteiger partial charge is 0.327 e. The van der Waals surface area contributed by atoms with Crippen molar-refractivity contribution in [1.82, 2.24) is 4.90 Å². The van der Waals surface area contributed by atoms with Crippen LogP contribution in [0.3, 0.4) is 0 Å². The maximum atomic E-state index is 12.5. The van der Waals surface area contributed by atoms with Crippen LogP contribution in [0.15, 0.2) is 6.07 Å². The maximum Gasteiger partial charge on any atom is 0.327 e. The number of carboxylic acids is 1. The lowest BCUT2D eigenvalue weighted by Crippen LogP contribution is -2.44. The van der Waals surface area contributed by atoms with Crippen LogP contribution >= 0.6 is 23.1 Å².